The fraction of sp³-hybridized carbons (Fsp3) is 0.350. The zero-order valence-electron chi connectivity index (χ0n) is 16.1. The van der Waals surface area contributed by atoms with Crippen molar-refractivity contribution >= 4 is 21.6 Å². The van der Waals surface area contributed by atoms with Crippen molar-refractivity contribution in [1.82, 2.24) is 9.21 Å². The number of nitrogens with one attached hydrogen (secondary N) is 1. The van der Waals surface area contributed by atoms with Crippen LogP contribution in [-0.2, 0) is 14.8 Å². The Morgan fingerprint density at radius 2 is 1.75 bits per heavy atom. The molecule has 2 aromatic carbocycles. The third-order valence-electron chi connectivity index (χ3n) is 4.76. The Kier molecular flexibility index (Phi) is 6.21. The molecule has 0 aromatic heterocycles. The zero-order valence-corrected chi connectivity index (χ0v) is 16.9. The summed E-state index contributed by atoms with van der Waals surface area (Å²) in [5.74, 6) is 0.609. The number of hydrogen-bond acceptors (Lipinski definition) is 5. The number of rotatable bonds is 6. The molecule has 1 aliphatic heterocycles. The van der Waals surface area contributed by atoms with E-state index < -0.39 is 10.0 Å². The molecule has 150 valence electrons. The second-order valence-corrected chi connectivity index (χ2v) is 8.59. The summed E-state index contributed by atoms with van der Waals surface area (Å²) in [6, 6.07) is 14.1. The van der Waals surface area contributed by atoms with E-state index in [1.807, 2.05) is 25.1 Å². The lowest BCUT2D eigenvalue weighted by Gasteiger charge is -2.34. The molecule has 0 radical (unpaired) electrons. The standard InChI is InChI=1S/C20H25N3O4S/c1-16-8-9-19(27-2)18(14-16)21-15-20(24)22-10-12-23(13-11-22)28(25,26)17-6-4-3-5-7-17/h3-9,14,21H,10-13,15H2,1-2H3. The zero-order chi connectivity index (χ0) is 20.1. The first-order valence-electron chi connectivity index (χ1n) is 9.13. The van der Waals surface area contributed by atoms with Crippen LogP contribution in [0.2, 0.25) is 0 Å². The Bertz CT molecular complexity index is 924. The number of amides is 1. The topological polar surface area (TPSA) is 79.0 Å². The third-order valence-corrected chi connectivity index (χ3v) is 6.67. The molecule has 8 heteroatoms. The Morgan fingerprint density at radius 3 is 2.39 bits per heavy atom. The van der Waals surface area contributed by atoms with Crippen molar-refractivity contribution in [2.24, 2.45) is 0 Å². The van der Waals surface area contributed by atoms with Gasteiger partial charge in [0.05, 0.1) is 24.2 Å². The van der Waals surface area contributed by atoms with Gasteiger partial charge < -0.3 is 15.0 Å². The maximum atomic E-state index is 12.7. The number of hydrogen-bond donors (Lipinski definition) is 1. The number of aryl methyl sites for hydroxylation is 1. The minimum Gasteiger partial charge on any atom is -0.495 e. The molecule has 1 heterocycles. The molecule has 28 heavy (non-hydrogen) atoms. The van der Waals surface area contributed by atoms with Gasteiger partial charge in [0.15, 0.2) is 0 Å². The van der Waals surface area contributed by atoms with Gasteiger partial charge in [0, 0.05) is 26.2 Å². The number of nitrogens with zero attached hydrogens (tertiary/aromatic N) is 2. The molecule has 1 saturated heterocycles. The van der Waals surface area contributed by atoms with Crippen LogP contribution in [0.4, 0.5) is 5.69 Å². The summed E-state index contributed by atoms with van der Waals surface area (Å²) in [7, 11) is -1.93. The Labute approximate surface area is 166 Å². The van der Waals surface area contributed by atoms with Gasteiger partial charge in [-0.1, -0.05) is 24.3 Å². The molecular formula is C20H25N3O4S. The minimum atomic E-state index is -3.52. The van der Waals surface area contributed by atoms with E-state index in [9.17, 15) is 13.2 Å². The first-order chi connectivity index (χ1) is 13.4. The molecule has 1 fully saturated rings. The summed E-state index contributed by atoms with van der Waals surface area (Å²) in [5.41, 5.74) is 1.83. The summed E-state index contributed by atoms with van der Waals surface area (Å²) < 4.78 is 32.1. The van der Waals surface area contributed by atoms with Gasteiger partial charge in [-0.05, 0) is 36.8 Å². The van der Waals surface area contributed by atoms with Gasteiger partial charge in [0.2, 0.25) is 15.9 Å². The number of methoxy groups -OCH3 is 1. The normalized spacial score (nSPS) is 15.3. The number of sulfonamides is 1. The molecule has 2 aromatic rings. The van der Waals surface area contributed by atoms with Gasteiger partial charge in [-0.15, -0.1) is 0 Å². The van der Waals surface area contributed by atoms with E-state index in [4.69, 9.17) is 4.74 Å². The highest BCUT2D eigenvalue weighted by Gasteiger charge is 2.29. The van der Waals surface area contributed by atoms with Crippen molar-refractivity contribution in [3.8, 4) is 5.75 Å². The van der Waals surface area contributed by atoms with Crippen molar-refractivity contribution in [2.75, 3.05) is 45.2 Å². The van der Waals surface area contributed by atoms with Crippen LogP contribution in [0.1, 0.15) is 5.56 Å². The van der Waals surface area contributed by atoms with Crippen molar-refractivity contribution < 1.29 is 17.9 Å². The monoisotopic (exact) mass is 403 g/mol. The second-order valence-electron chi connectivity index (χ2n) is 6.66. The quantitative estimate of drug-likeness (QED) is 0.798. The molecule has 0 spiro atoms. The summed E-state index contributed by atoms with van der Waals surface area (Å²) in [4.78, 5) is 14.5. The second kappa shape index (κ2) is 8.62. The van der Waals surface area contributed by atoms with Crippen LogP contribution in [-0.4, -0.2) is 63.4 Å². The van der Waals surface area contributed by atoms with Crippen LogP contribution >= 0.6 is 0 Å². The number of benzene rings is 2. The molecule has 1 aliphatic rings. The molecule has 0 unspecified atom stereocenters. The molecular weight excluding hydrogens is 378 g/mol. The number of carbonyl (C=O) groups is 1. The highest BCUT2D eigenvalue weighted by Crippen LogP contribution is 2.25. The molecule has 0 bridgehead atoms. The first kappa shape index (κ1) is 20.2. The number of ether oxygens (including phenoxy) is 1. The number of anilines is 1. The van der Waals surface area contributed by atoms with Gasteiger partial charge in [-0.25, -0.2) is 8.42 Å². The Hall–Kier alpha value is -2.58. The van der Waals surface area contributed by atoms with E-state index in [-0.39, 0.29) is 30.4 Å². The van der Waals surface area contributed by atoms with E-state index in [1.165, 1.54) is 4.31 Å². The molecule has 0 atom stereocenters. The molecule has 1 N–H and O–H groups in total. The fourth-order valence-electron chi connectivity index (χ4n) is 3.16. The lowest BCUT2D eigenvalue weighted by Crippen LogP contribution is -2.51. The van der Waals surface area contributed by atoms with E-state index >= 15 is 0 Å². The average Bonchev–Trinajstić information content (AvgIpc) is 2.73. The maximum absolute atomic E-state index is 12.7. The minimum absolute atomic E-state index is 0.0691. The van der Waals surface area contributed by atoms with Crippen LogP contribution in [0.5, 0.6) is 5.75 Å². The van der Waals surface area contributed by atoms with E-state index in [2.05, 4.69) is 5.32 Å². The molecule has 7 nitrogen and oxygen atoms in total. The number of carbonyl (C=O) groups excluding carboxylic acids is 1. The fourth-order valence-corrected chi connectivity index (χ4v) is 4.61. The van der Waals surface area contributed by atoms with Gasteiger partial charge in [0.25, 0.3) is 0 Å². The summed E-state index contributed by atoms with van der Waals surface area (Å²) >= 11 is 0. The average molecular weight is 404 g/mol. The largest absolute Gasteiger partial charge is 0.495 e. The van der Waals surface area contributed by atoms with Crippen molar-refractivity contribution in [2.45, 2.75) is 11.8 Å². The van der Waals surface area contributed by atoms with Gasteiger partial charge in [-0.3, -0.25) is 4.79 Å². The van der Waals surface area contributed by atoms with E-state index in [1.54, 1.807) is 42.3 Å². The molecule has 0 saturated carbocycles. The summed E-state index contributed by atoms with van der Waals surface area (Å²) in [6.07, 6.45) is 0. The summed E-state index contributed by atoms with van der Waals surface area (Å²) in [5, 5.41) is 3.12. The predicted octanol–water partition coefficient (Wildman–Crippen LogP) is 1.95. The number of piperazine rings is 1. The van der Waals surface area contributed by atoms with Crippen LogP contribution < -0.4 is 10.1 Å². The van der Waals surface area contributed by atoms with E-state index in [0.29, 0.717) is 18.8 Å². The van der Waals surface area contributed by atoms with E-state index in [0.717, 1.165) is 11.3 Å². The Morgan fingerprint density at radius 1 is 1.07 bits per heavy atom. The van der Waals surface area contributed by atoms with Crippen molar-refractivity contribution in [3.63, 3.8) is 0 Å². The lowest BCUT2D eigenvalue weighted by molar-refractivity contribution is -0.130. The van der Waals surface area contributed by atoms with Crippen LogP contribution in [0, 0.1) is 6.92 Å². The highest BCUT2D eigenvalue weighted by atomic mass is 32.2. The maximum Gasteiger partial charge on any atom is 0.243 e. The molecule has 1 amide bonds. The smallest absolute Gasteiger partial charge is 0.243 e. The van der Waals surface area contributed by atoms with Gasteiger partial charge in [0.1, 0.15) is 5.75 Å². The SMILES string of the molecule is COc1ccc(C)cc1NCC(=O)N1CCN(S(=O)(=O)c2ccccc2)CC1. The highest BCUT2D eigenvalue weighted by molar-refractivity contribution is 7.89. The van der Waals surface area contributed by atoms with Crippen LogP contribution in [0.15, 0.2) is 53.4 Å². The molecule has 0 aliphatic carbocycles. The van der Waals surface area contributed by atoms with Crippen LogP contribution in [0.25, 0.3) is 0 Å². The lowest BCUT2D eigenvalue weighted by atomic mass is 10.2. The summed E-state index contributed by atoms with van der Waals surface area (Å²) in [6.45, 7) is 3.42. The molecule has 3 rings (SSSR count). The third kappa shape index (κ3) is 4.45. The van der Waals surface area contributed by atoms with Crippen LogP contribution in [0.3, 0.4) is 0 Å². The predicted molar refractivity (Wildman–Crippen MR) is 108 cm³/mol. The van der Waals surface area contributed by atoms with Gasteiger partial charge in [-0.2, -0.15) is 4.31 Å². The van der Waals surface area contributed by atoms with Gasteiger partial charge >= 0.3 is 0 Å². The van der Waals surface area contributed by atoms with Crippen molar-refractivity contribution in [3.05, 3.63) is 54.1 Å². The first-order valence-corrected chi connectivity index (χ1v) is 10.6. The van der Waals surface area contributed by atoms with Crippen molar-refractivity contribution in [1.29, 1.82) is 0 Å². The Balaban J connectivity index is 1.56.